The van der Waals surface area contributed by atoms with Crippen LogP contribution in [-0.4, -0.2) is 57.6 Å². The van der Waals surface area contributed by atoms with E-state index < -0.39 is 34.2 Å². The molecule has 1 aliphatic heterocycles. The van der Waals surface area contributed by atoms with E-state index in [4.69, 9.17) is 9.26 Å². The molecule has 3 heterocycles. The molecule has 2 unspecified atom stereocenters. The average Bonchev–Trinajstić information content (AvgIpc) is 3.44. The number of aliphatic hydroxyl groups is 1. The molecule has 1 aliphatic rings. The lowest BCUT2D eigenvalue weighted by Crippen LogP contribution is -2.41. The third-order valence-corrected chi connectivity index (χ3v) is 7.46. The molecular formula is C22H24N4O6S. The Kier molecular flexibility index (Phi) is 6.28. The molecule has 0 radical (unpaired) electrons. The highest BCUT2D eigenvalue weighted by Gasteiger charge is 2.45. The highest BCUT2D eigenvalue weighted by molar-refractivity contribution is 7.89. The van der Waals surface area contributed by atoms with Crippen LogP contribution in [0.4, 0.5) is 0 Å². The zero-order valence-corrected chi connectivity index (χ0v) is 19.2. The van der Waals surface area contributed by atoms with Gasteiger partial charge < -0.3 is 14.4 Å². The predicted octanol–water partition coefficient (Wildman–Crippen LogP) is 2.18. The van der Waals surface area contributed by atoms with E-state index >= 15 is 0 Å². The Morgan fingerprint density at radius 3 is 2.76 bits per heavy atom. The Balaban J connectivity index is 1.52. The van der Waals surface area contributed by atoms with Gasteiger partial charge in [0, 0.05) is 30.9 Å². The number of nitrogens with zero attached hydrogens (tertiary/aromatic N) is 4. The molecule has 4 rings (SSSR count). The summed E-state index contributed by atoms with van der Waals surface area (Å²) in [5.74, 6) is -0.451. The van der Waals surface area contributed by atoms with Gasteiger partial charge in [0.05, 0.1) is 11.0 Å². The van der Waals surface area contributed by atoms with Crippen molar-refractivity contribution in [3.63, 3.8) is 0 Å². The lowest BCUT2D eigenvalue weighted by Gasteiger charge is -2.23. The number of hydrogen-bond acceptors (Lipinski definition) is 9. The quantitative estimate of drug-likeness (QED) is 0.535. The maximum atomic E-state index is 13.2. The van der Waals surface area contributed by atoms with E-state index in [0.717, 1.165) is 15.4 Å². The van der Waals surface area contributed by atoms with Crippen molar-refractivity contribution in [1.82, 2.24) is 19.4 Å². The Hall–Kier alpha value is -3.15. The van der Waals surface area contributed by atoms with E-state index in [1.807, 2.05) is 13.8 Å². The van der Waals surface area contributed by atoms with Crippen molar-refractivity contribution in [3.8, 4) is 11.4 Å². The van der Waals surface area contributed by atoms with Gasteiger partial charge in [-0.05, 0) is 56.2 Å². The van der Waals surface area contributed by atoms with Gasteiger partial charge in [-0.25, -0.2) is 8.42 Å². The number of benzene rings is 1. The summed E-state index contributed by atoms with van der Waals surface area (Å²) in [7, 11) is -4.02. The first-order valence-electron chi connectivity index (χ1n) is 10.4. The van der Waals surface area contributed by atoms with Crippen molar-refractivity contribution in [2.75, 3.05) is 6.54 Å². The zero-order chi connectivity index (χ0) is 23.8. The molecule has 33 heavy (non-hydrogen) atoms. The number of aromatic nitrogens is 3. The van der Waals surface area contributed by atoms with Crippen LogP contribution in [0.15, 0.2) is 52.1 Å². The van der Waals surface area contributed by atoms with Gasteiger partial charge in [0.1, 0.15) is 6.04 Å². The number of ether oxygens (including phenoxy) is 1. The summed E-state index contributed by atoms with van der Waals surface area (Å²) in [6.07, 6.45) is 1.21. The molecule has 1 fully saturated rings. The molecule has 174 valence electrons. The Bertz CT molecular complexity index is 1260. The third kappa shape index (κ3) is 4.65. The molecule has 0 amide bonds. The molecule has 0 spiro atoms. The standard InChI is InChI=1S/C22H24N4O6S/c1-13-6-7-18(9-14(13)2)33(29,30)26-12-17(27)10-19(26)22(28)31-15(3)21-24-20(25-32-21)16-5-4-8-23-11-16/h4-9,11,15,17,19,27H,10,12H2,1-3H3/t15?,17?,19-/m0/s1. The van der Waals surface area contributed by atoms with Crippen LogP contribution < -0.4 is 0 Å². The van der Waals surface area contributed by atoms with E-state index in [0.29, 0.717) is 5.56 Å². The van der Waals surface area contributed by atoms with Gasteiger partial charge in [0.2, 0.25) is 15.8 Å². The third-order valence-electron chi connectivity index (χ3n) is 5.59. The van der Waals surface area contributed by atoms with Crippen LogP contribution in [0.25, 0.3) is 11.4 Å². The zero-order valence-electron chi connectivity index (χ0n) is 18.4. The molecule has 0 aliphatic carbocycles. The van der Waals surface area contributed by atoms with Crippen LogP contribution in [0.3, 0.4) is 0 Å². The summed E-state index contributed by atoms with van der Waals surface area (Å²) in [4.78, 5) is 21.2. The fraction of sp³-hybridized carbons (Fsp3) is 0.364. The van der Waals surface area contributed by atoms with Crippen molar-refractivity contribution < 1.29 is 27.6 Å². The largest absolute Gasteiger partial charge is 0.451 e. The van der Waals surface area contributed by atoms with Gasteiger partial charge in [-0.15, -0.1) is 0 Å². The molecule has 2 aromatic heterocycles. The second-order valence-corrected chi connectivity index (χ2v) is 9.89. The van der Waals surface area contributed by atoms with Gasteiger partial charge in [0.25, 0.3) is 5.89 Å². The second kappa shape index (κ2) is 9.00. The fourth-order valence-corrected chi connectivity index (χ4v) is 5.30. The number of pyridine rings is 1. The van der Waals surface area contributed by atoms with Gasteiger partial charge in [0.15, 0.2) is 6.10 Å². The molecule has 1 saturated heterocycles. The van der Waals surface area contributed by atoms with Gasteiger partial charge in [-0.2, -0.15) is 9.29 Å². The van der Waals surface area contributed by atoms with E-state index in [2.05, 4.69) is 15.1 Å². The minimum absolute atomic E-state index is 0.0589. The van der Waals surface area contributed by atoms with Crippen LogP contribution in [0.2, 0.25) is 0 Å². The normalized spacial score (nSPS) is 20.0. The minimum atomic E-state index is -4.02. The summed E-state index contributed by atoms with van der Waals surface area (Å²) >= 11 is 0. The molecule has 0 bridgehead atoms. The Morgan fingerprint density at radius 2 is 2.06 bits per heavy atom. The minimum Gasteiger partial charge on any atom is -0.451 e. The molecule has 10 nitrogen and oxygen atoms in total. The fourth-order valence-electron chi connectivity index (χ4n) is 3.59. The van der Waals surface area contributed by atoms with Crippen LogP contribution in [0.5, 0.6) is 0 Å². The molecule has 11 heteroatoms. The van der Waals surface area contributed by atoms with E-state index in [1.54, 1.807) is 43.6 Å². The van der Waals surface area contributed by atoms with Crippen molar-refractivity contribution >= 4 is 16.0 Å². The topological polar surface area (TPSA) is 136 Å². The molecule has 3 aromatic rings. The molecule has 1 aromatic carbocycles. The van der Waals surface area contributed by atoms with Crippen molar-refractivity contribution in [2.24, 2.45) is 0 Å². The Labute approximate surface area is 191 Å². The second-order valence-electron chi connectivity index (χ2n) is 8.00. The summed E-state index contributed by atoms with van der Waals surface area (Å²) in [5.41, 5.74) is 2.39. The van der Waals surface area contributed by atoms with Crippen LogP contribution in [0, 0.1) is 13.8 Å². The summed E-state index contributed by atoms with van der Waals surface area (Å²) in [5, 5.41) is 14.0. The summed E-state index contributed by atoms with van der Waals surface area (Å²) in [6.45, 7) is 5.04. The monoisotopic (exact) mass is 472 g/mol. The van der Waals surface area contributed by atoms with Gasteiger partial charge in [-0.1, -0.05) is 11.2 Å². The molecule has 1 N–H and O–H groups in total. The van der Waals surface area contributed by atoms with Crippen molar-refractivity contribution in [1.29, 1.82) is 0 Å². The maximum Gasteiger partial charge on any atom is 0.325 e. The van der Waals surface area contributed by atoms with E-state index in [9.17, 15) is 18.3 Å². The lowest BCUT2D eigenvalue weighted by molar-refractivity contribution is -0.153. The van der Waals surface area contributed by atoms with E-state index in [1.165, 1.54) is 6.07 Å². The first-order chi connectivity index (χ1) is 15.7. The lowest BCUT2D eigenvalue weighted by atomic mass is 10.1. The highest BCUT2D eigenvalue weighted by atomic mass is 32.2. The van der Waals surface area contributed by atoms with Crippen LogP contribution in [-0.2, 0) is 19.6 Å². The number of carbonyl (C=O) groups excluding carboxylic acids is 1. The van der Waals surface area contributed by atoms with Crippen molar-refractivity contribution in [2.45, 2.75) is 50.3 Å². The Morgan fingerprint density at radius 1 is 1.27 bits per heavy atom. The SMILES string of the molecule is Cc1ccc(S(=O)(=O)N2CC(O)C[C@H]2C(=O)OC(C)c2nc(-c3cccnc3)no2)cc1C. The molecular weight excluding hydrogens is 448 g/mol. The number of β-amino-alcohol motifs (C(OH)–C–C–N with tert-alkyl or cyclic N) is 1. The van der Waals surface area contributed by atoms with Gasteiger partial charge >= 0.3 is 5.97 Å². The number of carbonyl (C=O) groups is 1. The molecule has 0 saturated carbocycles. The number of aryl methyl sites for hydroxylation is 2. The van der Waals surface area contributed by atoms with Gasteiger partial charge in [-0.3, -0.25) is 9.78 Å². The first kappa shape index (κ1) is 23.0. The number of rotatable bonds is 6. The predicted molar refractivity (Wildman–Crippen MR) is 116 cm³/mol. The smallest absolute Gasteiger partial charge is 0.325 e. The van der Waals surface area contributed by atoms with Crippen LogP contribution in [0.1, 0.15) is 36.5 Å². The number of hydrogen-bond donors (Lipinski definition) is 1. The van der Waals surface area contributed by atoms with Crippen molar-refractivity contribution in [3.05, 3.63) is 59.7 Å². The summed E-state index contributed by atoms with van der Waals surface area (Å²) in [6, 6.07) is 7.07. The molecule has 3 atom stereocenters. The average molecular weight is 473 g/mol. The van der Waals surface area contributed by atoms with E-state index in [-0.39, 0.29) is 29.6 Å². The highest BCUT2D eigenvalue weighted by Crippen LogP contribution is 2.30. The summed E-state index contributed by atoms with van der Waals surface area (Å²) < 4.78 is 38.1. The van der Waals surface area contributed by atoms with Crippen LogP contribution >= 0.6 is 0 Å². The number of aliphatic hydroxyl groups excluding tert-OH is 1. The maximum absolute atomic E-state index is 13.2. The number of esters is 1. The number of sulfonamides is 1. The first-order valence-corrected chi connectivity index (χ1v) is 11.8.